The molecule has 0 spiro atoms. The van der Waals surface area contributed by atoms with Gasteiger partial charge in [-0.25, -0.2) is 13.6 Å². The first-order valence-electron chi connectivity index (χ1n) is 6.09. The third-order valence-electron chi connectivity index (χ3n) is 2.86. The fraction of sp³-hybridized carbons (Fsp3) is 0.538. The summed E-state index contributed by atoms with van der Waals surface area (Å²) in [4.78, 5) is 0. The van der Waals surface area contributed by atoms with Crippen LogP contribution in [-0.2, 0) is 14.8 Å². The van der Waals surface area contributed by atoms with Gasteiger partial charge in [-0.15, -0.1) is 0 Å². The molecule has 0 aliphatic rings. The predicted molar refractivity (Wildman–Crippen MR) is 72.9 cm³/mol. The number of hydrogen-bond acceptors (Lipinski definition) is 3. The van der Waals surface area contributed by atoms with Crippen molar-refractivity contribution in [1.29, 1.82) is 0 Å². The Morgan fingerprint density at radius 2 is 1.89 bits per heavy atom. The second-order valence-electron chi connectivity index (χ2n) is 4.49. The molecule has 0 saturated carbocycles. The molecule has 0 aromatic heterocycles. The van der Waals surface area contributed by atoms with Gasteiger partial charge in [-0.2, -0.15) is 0 Å². The Kier molecular flexibility index (Phi) is 5.78. The van der Waals surface area contributed by atoms with E-state index >= 15 is 0 Å². The Labute approximate surface area is 109 Å². The topological polar surface area (TPSA) is 69.4 Å². The fourth-order valence-corrected chi connectivity index (χ4v) is 2.49. The Hall–Kier alpha value is -0.910. The molecular formula is C13H21NO3S. The molecule has 2 N–H and O–H groups in total. The molecule has 4 nitrogen and oxygen atoms in total. The smallest absolute Gasteiger partial charge is 0.209 e. The molecule has 0 amide bonds. The van der Waals surface area contributed by atoms with Crippen LogP contribution in [-0.4, -0.2) is 26.9 Å². The van der Waals surface area contributed by atoms with Crippen LogP contribution in [0.5, 0.6) is 0 Å². The summed E-state index contributed by atoms with van der Waals surface area (Å²) >= 11 is 0. The Balaban J connectivity index is 2.76. The van der Waals surface area contributed by atoms with E-state index in [1.807, 2.05) is 44.2 Å². The van der Waals surface area contributed by atoms with Crippen molar-refractivity contribution in [3.63, 3.8) is 0 Å². The number of rotatable bonds is 7. The highest BCUT2D eigenvalue weighted by molar-refractivity contribution is 7.89. The van der Waals surface area contributed by atoms with Gasteiger partial charge in [0.05, 0.1) is 18.5 Å². The molecule has 0 bridgehead atoms. The lowest BCUT2D eigenvalue weighted by Crippen LogP contribution is -2.26. The van der Waals surface area contributed by atoms with E-state index < -0.39 is 10.0 Å². The lowest BCUT2D eigenvalue weighted by atomic mass is 10.0. The average Bonchev–Trinajstić information content (AvgIpc) is 2.33. The SMILES string of the molecule is CCC(C)OCC(CS(N)(=O)=O)c1ccccc1. The molecule has 102 valence electrons. The average molecular weight is 271 g/mol. The number of ether oxygens (including phenoxy) is 1. The number of hydrogen-bond donors (Lipinski definition) is 1. The second kappa shape index (κ2) is 6.87. The summed E-state index contributed by atoms with van der Waals surface area (Å²) in [6.45, 7) is 4.37. The van der Waals surface area contributed by atoms with Gasteiger partial charge in [-0.1, -0.05) is 37.3 Å². The first-order valence-corrected chi connectivity index (χ1v) is 7.81. The van der Waals surface area contributed by atoms with Crippen LogP contribution in [0.2, 0.25) is 0 Å². The van der Waals surface area contributed by atoms with Crippen LogP contribution in [0.3, 0.4) is 0 Å². The molecule has 5 heteroatoms. The van der Waals surface area contributed by atoms with E-state index in [2.05, 4.69) is 0 Å². The van der Waals surface area contributed by atoms with Crippen LogP contribution in [0, 0.1) is 0 Å². The van der Waals surface area contributed by atoms with Crippen LogP contribution in [0.25, 0.3) is 0 Å². The highest BCUT2D eigenvalue weighted by Crippen LogP contribution is 2.18. The third kappa shape index (κ3) is 5.62. The highest BCUT2D eigenvalue weighted by Gasteiger charge is 2.18. The van der Waals surface area contributed by atoms with E-state index in [1.54, 1.807) is 0 Å². The minimum atomic E-state index is -3.51. The number of sulfonamides is 1. The van der Waals surface area contributed by atoms with E-state index in [9.17, 15) is 8.42 Å². The van der Waals surface area contributed by atoms with Crippen molar-refractivity contribution >= 4 is 10.0 Å². The molecular weight excluding hydrogens is 250 g/mol. The predicted octanol–water partition coefficient (Wildman–Crippen LogP) is 1.87. The van der Waals surface area contributed by atoms with Crippen molar-refractivity contribution in [2.45, 2.75) is 32.3 Å². The Morgan fingerprint density at radius 3 is 2.39 bits per heavy atom. The van der Waals surface area contributed by atoms with Crippen molar-refractivity contribution < 1.29 is 13.2 Å². The van der Waals surface area contributed by atoms with Crippen LogP contribution < -0.4 is 5.14 Å². The van der Waals surface area contributed by atoms with E-state index in [0.717, 1.165) is 12.0 Å². The second-order valence-corrected chi connectivity index (χ2v) is 6.15. The van der Waals surface area contributed by atoms with Gasteiger partial charge < -0.3 is 4.74 Å². The first-order chi connectivity index (χ1) is 8.42. The van der Waals surface area contributed by atoms with Gasteiger partial charge in [0.15, 0.2) is 0 Å². The van der Waals surface area contributed by atoms with Gasteiger partial charge in [0.2, 0.25) is 10.0 Å². The maximum atomic E-state index is 11.3. The zero-order chi connectivity index (χ0) is 13.6. The van der Waals surface area contributed by atoms with Crippen LogP contribution in [0.1, 0.15) is 31.7 Å². The van der Waals surface area contributed by atoms with Crippen molar-refractivity contribution in [3.8, 4) is 0 Å². The molecule has 0 fully saturated rings. The maximum absolute atomic E-state index is 11.3. The van der Waals surface area contributed by atoms with Crippen molar-refractivity contribution in [2.75, 3.05) is 12.4 Å². The first kappa shape index (κ1) is 15.1. The van der Waals surface area contributed by atoms with Crippen LogP contribution >= 0.6 is 0 Å². The van der Waals surface area contributed by atoms with E-state index in [1.165, 1.54) is 0 Å². The molecule has 2 atom stereocenters. The summed E-state index contributed by atoms with van der Waals surface area (Å²) in [7, 11) is -3.51. The Bertz CT molecular complexity index is 445. The van der Waals surface area contributed by atoms with Gasteiger partial charge in [0, 0.05) is 5.92 Å². The minimum Gasteiger partial charge on any atom is -0.378 e. The van der Waals surface area contributed by atoms with Crippen LogP contribution in [0.4, 0.5) is 0 Å². The molecule has 1 aromatic rings. The normalized spacial score (nSPS) is 15.3. The molecule has 1 rings (SSSR count). The van der Waals surface area contributed by atoms with Crippen molar-refractivity contribution in [1.82, 2.24) is 0 Å². The van der Waals surface area contributed by atoms with Gasteiger partial charge in [0.25, 0.3) is 0 Å². The number of primary sulfonamides is 1. The van der Waals surface area contributed by atoms with Crippen molar-refractivity contribution in [3.05, 3.63) is 35.9 Å². The largest absolute Gasteiger partial charge is 0.378 e. The number of benzene rings is 1. The zero-order valence-electron chi connectivity index (χ0n) is 10.9. The van der Waals surface area contributed by atoms with E-state index in [0.29, 0.717) is 6.61 Å². The number of nitrogens with two attached hydrogens (primary N) is 1. The van der Waals surface area contributed by atoms with Gasteiger partial charge in [-0.3, -0.25) is 0 Å². The Morgan fingerprint density at radius 1 is 1.28 bits per heavy atom. The van der Waals surface area contributed by atoms with Gasteiger partial charge in [0.1, 0.15) is 0 Å². The summed E-state index contributed by atoms with van der Waals surface area (Å²) < 4.78 is 28.1. The molecule has 0 aliphatic heterocycles. The van der Waals surface area contributed by atoms with E-state index in [4.69, 9.17) is 9.88 Å². The maximum Gasteiger partial charge on any atom is 0.209 e. The monoisotopic (exact) mass is 271 g/mol. The lowest BCUT2D eigenvalue weighted by molar-refractivity contribution is 0.0561. The summed E-state index contributed by atoms with van der Waals surface area (Å²) in [6, 6.07) is 9.46. The third-order valence-corrected chi connectivity index (χ3v) is 3.73. The standard InChI is InChI=1S/C13H21NO3S/c1-3-11(2)17-9-13(10-18(14,15)16)12-7-5-4-6-8-12/h4-8,11,13H,3,9-10H2,1-2H3,(H2,14,15,16). The van der Waals surface area contributed by atoms with Crippen LogP contribution in [0.15, 0.2) is 30.3 Å². The van der Waals surface area contributed by atoms with E-state index in [-0.39, 0.29) is 17.8 Å². The minimum absolute atomic E-state index is 0.0898. The lowest BCUT2D eigenvalue weighted by Gasteiger charge is -2.19. The summed E-state index contributed by atoms with van der Waals surface area (Å²) in [5, 5.41) is 5.13. The summed E-state index contributed by atoms with van der Waals surface area (Å²) in [5.74, 6) is -0.303. The van der Waals surface area contributed by atoms with Gasteiger partial charge >= 0.3 is 0 Å². The molecule has 1 aromatic carbocycles. The summed E-state index contributed by atoms with van der Waals surface area (Å²) in [6.07, 6.45) is 1.02. The molecule has 18 heavy (non-hydrogen) atoms. The molecule has 0 heterocycles. The molecule has 2 unspecified atom stereocenters. The molecule has 0 saturated heterocycles. The summed E-state index contributed by atoms with van der Waals surface area (Å²) in [5.41, 5.74) is 0.940. The van der Waals surface area contributed by atoms with Gasteiger partial charge in [-0.05, 0) is 18.9 Å². The molecule has 0 radical (unpaired) electrons. The zero-order valence-corrected chi connectivity index (χ0v) is 11.7. The highest BCUT2D eigenvalue weighted by atomic mass is 32.2. The molecule has 0 aliphatic carbocycles. The quantitative estimate of drug-likeness (QED) is 0.823. The fourth-order valence-electron chi connectivity index (χ4n) is 1.64. The van der Waals surface area contributed by atoms with Crippen molar-refractivity contribution in [2.24, 2.45) is 5.14 Å².